The lowest BCUT2D eigenvalue weighted by atomic mass is 9.97. The summed E-state index contributed by atoms with van der Waals surface area (Å²) in [6.07, 6.45) is 11.8. The van der Waals surface area contributed by atoms with Crippen molar-refractivity contribution in [1.29, 1.82) is 0 Å². The molecule has 1 aliphatic carbocycles. The fourth-order valence-electron chi connectivity index (χ4n) is 2.04. The average molecular weight is 218 g/mol. The number of amides is 1. The molecule has 3 heteroatoms. The van der Waals surface area contributed by atoms with Crippen molar-refractivity contribution in [2.75, 3.05) is 6.54 Å². The van der Waals surface area contributed by atoms with Crippen molar-refractivity contribution >= 4 is 5.91 Å². The first kappa shape index (κ1) is 11.0. The molecular formula is C13H18N2O. The summed E-state index contributed by atoms with van der Waals surface area (Å²) in [5.41, 5.74) is 2.21. The lowest BCUT2D eigenvalue weighted by Gasteiger charge is -2.12. The van der Waals surface area contributed by atoms with Crippen molar-refractivity contribution in [2.24, 2.45) is 0 Å². The van der Waals surface area contributed by atoms with E-state index in [0.717, 1.165) is 13.0 Å². The van der Waals surface area contributed by atoms with E-state index in [0.29, 0.717) is 5.56 Å². The summed E-state index contributed by atoms with van der Waals surface area (Å²) < 4.78 is 0. The monoisotopic (exact) mass is 218 g/mol. The van der Waals surface area contributed by atoms with Gasteiger partial charge in [-0.25, -0.2) is 0 Å². The fourth-order valence-corrected chi connectivity index (χ4v) is 2.04. The zero-order valence-corrected chi connectivity index (χ0v) is 9.46. The smallest absolute Gasteiger partial charge is 0.252 e. The minimum Gasteiger partial charge on any atom is -0.367 e. The van der Waals surface area contributed by atoms with Crippen LogP contribution in [-0.4, -0.2) is 17.4 Å². The third kappa shape index (κ3) is 2.99. The second kappa shape index (κ2) is 5.54. The van der Waals surface area contributed by atoms with Crippen molar-refractivity contribution in [1.82, 2.24) is 10.3 Å². The van der Waals surface area contributed by atoms with E-state index < -0.39 is 0 Å². The Morgan fingerprint density at radius 3 is 3.06 bits per heavy atom. The summed E-state index contributed by atoms with van der Waals surface area (Å²) in [6.45, 7) is 0.746. The van der Waals surface area contributed by atoms with Gasteiger partial charge >= 0.3 is 0 Å². The first-order valence-electron chi connectivity index (χ1n) is 5.95. The molecule has 0 aliphatic heterocycles. The van der Waals surface area contributed by atoms with Crippen LogP contribution < -0.4 is 5.32 Å². The molecule has 1 amide bonds. The SMILES string of the molecule is O=C(NCCC1=CCCCC1)c1cc[nH]c1. The van der Waals surface area contributed by atoms with Gasteiger partial charge in [-0.05, 0) is 38.2 Å². The van der Waals surface area contributed by atoms with Crippen molar-refractivity contribution in [3.8, 4) is 0 Å². The van der Waals surface area contributed by atoms with Gasteiger partial charge in [0.05, 0.1) is 5.56 Å². The van der Waals surface area contributed by atoms with Crippen LogP contribution in [-0.2, 0) is 0 Å². The van der Waals surface area contributed by atoms with Crippen LogP contribution in [0.15, 0.2) is 30.1 Å². The normalized spacial score (nSPS) is 15.6. The first-order valence-corrected chi connectivity index (χ1v) is 5.95. The van der Waals surface area contributed by atoms with Gasteiger partial charge in [0.2, 0.25) is 0 Å². The van der Waals surface area contributed by atoms with Crippen LogP contribution in [0.5, 0.6) is 0 Å². The van der Waals surface area contributed by atoms with Gasteiger partial charge in [-0.2, -0.15) is 0 Å². The number of carbonyl (C=O) groups excluding carboxylic acids is 1. The van der Waals surface area contributed by atoms with E-state index >= 15 is 0 Å². The van der Waals surface area contributed by atoms with Gasteiger partial charge in [0.1, 0.15) is 0 Å². The third-order valence-corrected chi connectivity index (χ3v) is 2.98. The summed E-state index contributed by atoms with van der Waals surface area (Å²) in [7, 11) is 0. The molecule has 1 aliphatic rings. The number of rotatable bonds is 4. The van der Waals surface area contributed by atoms with Crippen molar-refractivity contribution < 1.29 is 4.79 Å². The molecule has 0 saturated heterocycles. The van der Waals surface area contributed by atoms with E-state index in [1.807, 2.05) is 0 Å². The highest BCUT2D eigenvalue weighted by Gasteiger charge is 2.06. The van der Waals surface area contributed by atoms with E-state index in [2.05, 4.69) is 16.4 Å². The lowest BCUT2D eigenvalue weighted by molar-refractivity contribution is 0.0954. The Labute approximate surface area is 95.9 Å². The highest BCUT2D eigenvalue weighted by molar-refractivity contribution is 5.93. The van der Waals surface area contributed by atoms with Gasteiger partial charge in [-0.3, -0.25) is 4.79 Å². The lowest BCUT2D eigenvalue weighted by Crippen LogP contribution is -2.24. The van der Waals surface area contributed by atoms with Crippen LogP contribution in [0.4, 0.5) is 0 Å². The molecule has 2 rings (SSSR count). The van der Waals surface area contributed by atoms with E-state index in [4.69, 9.17) is 0 Å². The van der Waals surface area contributed by atoms with Crippen LogP contribution in [0.2, 0.25) is 0 Å². The van der Waals surface area contributed by atoms with Crippen molar-refractivity contribution in [3.05, 3.63) is 35.7 Å². The van der Waals surface area contributed by atoms with Crippen LogP contribution in [0.3, 0.4) is 0 Å². The number of aromatic nitrogens is 1. The highest BCUT2D eigenvalue weighted by Crippen LogP contribution is 2.19. The number of hydrogen-bond acceptors (Lipinski definition) is 1. The second-order valence-corrected chi connectivity index (χ2v) is 4.21. The zero-order chi connectivity index (χ0) is 11.2. The van der Waals surface area contributed by atoms with Gasteiger partial charge in [-0.15, -0.1) is 0 Å². The maximum atomic E-state index is 11.6. The molecule has 16 heavy (non-hydrogen) atoms. The third-order valence-electron chi connectivity index (χ3n) is 2.98. The predicted molar refractivity (Wildman–Crippen MR) is 64.3 cm³/mol. The zero-order valence-electron chi connectivity index (χ0n) is 9.46. The number of H-pyrrole nitrogens is 1. The molecular weight excluding hydrogens is 200 g/mol. The molecule has 0 radical (unpaired) electrons. The van der Waals surface area contributed by atoms with Crippen LogP contribution in [0.25, 0.3) is 0 Å². The standard InChI is InChI=1S/C13H18N2O/c16-13(12-7-8-14-10-12)15-9-6-11-4-2-1-3-5-11/h4,7-8,10,14H,1-3,5-6,9H2,(H,15,16). The molecule has 1 aromatic rings. The molecule has 1 heterocycles. The van der Waals surface area contributed by atoms with Gasteiger partial charge in [-0.1, -0.05) is 11.6 Å². The molecule has 3 nitrogen and oxygen atoms in total. The second-order valence-electron chi connectivity index (χ2n) is 4.21. The van der Waals surface area contributed by atoms with E-state index in [1.54, 1.807) is 18.5 Å². The Morgan fingerprint density at radius 1 is 1.44 bits per heavy atom. The quantitative estimate of drug-likeness (QED) is 0.750. The molecule has 0 saturated carbocycles. The molecule has 0 aromatic carbocycles. The van der Waals surface area contributed by atoms with E-state index in [-0.39, 0.29) is 5.91 Å². The summed E-state index contributed by atoms with van der Waals surface area (Å²) in [4.78, 5) is 14.5. The van der Waals surface area contributed by atoms with Crippen LogP contribution in [0, 0.1) is 0 Å². The van der Waals surface area contributed by atoms with Crippen molar-refractivity contribution in [3.63, 3.8) is 0 Å². The van der Waals surface area contributed by atoms with Gasteiger partial charge < -0.3 is 10.3 Å². The van der Waals surface area contributed by atoms with Crippen LogP contribution in [0.1, 0.15) is 42.5 Å². The number of carbonyl (C=O) groups is 1. The topological polar surface area (TPSA) is 44.9 Å². The Morgan fingerprint density at radius 2 is 2.38 bits per heavy atom. The molecule has 0 spiro atoms. The van der Waals surface area contributed by atoms with Crippen LogP contribution >= 0.6 is 0 Å². The predicted octanol–water partition coefficient (Wildman–Crippen LogP) is 2.64. The Hall–Kier alpha value is -1.51. The van der Waals surface area contributed by atoms with Gasteiger partial charge in [0, 0.05) is 18.9 Å². The summed E-state index contributed by atoms with van der Waals surface area (Å²) in [6, 6.07) is 1.79. The fraction of sp³-hybridized carbons (Fsp3) is 0.462. The molecule has 0 unspecified atom stereocenters. The highest BCUT2D eigenvalue weighted by atomic mass is 16.1. The summed E-state index contributed by atoms with van der Waals surface area (Å²) in [5, 5.41) is 2.93. The minimum atomic E-state index is 0.0117. The average Bonchev–Trinajstić information content (AvgIpc) is 2.84. The maximum absolute atomic E-state index is 11.6. The Bertz CT molecular complexity index is 365. The molecule has 2 N–H and O–H groups in total. The molecule has 0 atom stereocenters. The number of nitrogens with one attached hydrogen (secondary N) is 2. The molecule has 86 valence electrons. The minimum absolute atomic E-state index is 0.0117. The summed E-state index contributed by atoms with van der Waals surface area (Å²) >= 11 is 0. The molecule has 0 fully saturated rings. The van der Waals surface area contributed by atoms with E-state index in [9.17, 15) is 4.79 Å². The molecule has 1 aromatic heterocycles. The first-order chi connectivity index (χ1) is 7.86. The van der Waals surface area contributed by atoms with Gasteiger partial charge in [0.25, 0.3) is 5.91 Å². The Balaban J connectivity index is 1.72. The van der Waals surface area contributed by atoms with Crippen molar-refractivity contribution in [2.45, 2.75) is 32.1 Å². The number of allylic oxidation sites excluding steroid dienone is 1. The van der Waals surface area contributed by atoms with E-state index in [1.165, 1.54) is 31.3 Å². The van der Waals surface area contributed by atoms with Gasteiger partial charge in [0.15, 0.2) is 0 Å². The Kier molecular flexibility index (Phi) is 3.81. The number of hydrogen-bond donors (Lipinski definition) is 2. The summed E-state index contributed by atoms with van der Waals surface area (Å²) in [5.74, 6) is 0.0117. The molecule has 0 bridgehead atoms. The largest absolute Gasteiger partial charge is 0.367 e. The number of aromatic amines is 1. The maximum Gasteiger partial charge on any atom is 0.252 e.